The number of allylic oxidation sites excluding steroid dienone is 1. The second-order valence-electron chi connectivity index (χ2n) is 13.4. The van der Waals surface area contributed by atoms with Gasteiger partial charge in [0.2, 0.25) is 11.8 Å². The zero-order chi connectivity index (χ0) is 35.0. The van der Waals surface area contributed by atoms with Crippen LogP contribution >= 0.6 is 0 Å². The molecule has 3 aromatic rings. The minimum atomic E-state index is -1.04. The zero-order valence-corrected chi connectivity index (χ0v) is 28.7. The van der Waals surface area contributed by atoms with Gasteiger partial charge in [-0.25, -0.2) is 14.2 Å². The molecule has 48 heavy (non-hydrogen) atoms. The van der Waals surface area contributed by atoms with Gasteiger partial charge in [-0.2, -0.15) is 0 Å². The minimum Gasteiger partial charge on any atom is -0.453 e. The molecule has 1 atom stereocenters. The van der Waals surface area contributed by atoms with Crippen molar-refractivity contribution in [1.29, 1.82) is 0 Å². The fourth-order valence-electron chi connectivity index (χ4n) is 5.74. The van der Waals surface area contributed by atoms with Crippen molar-refractivity contribution in [3.05, 3.63) is 76.4 Å². The highest BCUT2D eigenvalue weighted by atomic mass is 16.6. The first-order chi connectivity index (χ1) is 22.8. The molecular formula is C36H47N5O7. The van der Waals surface area contributed by atoms with Gasteiger partial charge in [0, 0.05) is 24.7 Å². The fraction of sp³-hybridized carbons (Fsp3) is 0.472. The number of pyridine rings is 1. The number of para-hydroxylation sites is 1. The quantitative estimate of drug-likeness (QED) is 0.260. The molecule has 1 aliphatic heterocycles. The summed E-state index contributed by atoms with van der Waals surface area (Å²) in [6.07, 6.45) is 6.60. The summed E-state index contributed by atoms with van der Waals surface area (Å²) in [6, 6.07) is 9.81. The monoisotopic (exact) mass is 661 g/mol. The third-order valence-electron chi connectivity index (χ3n) is 7.89. The molecular weight excluding hydrogens is 614 g/mol. The second-order valence-corrected chi connectivity index (χ2v) is 13.4. The van der Waals surface area contributed by atoms with E-state index in [4.69, 9.17) is 9.47 Å². The molecule has 1 saturated heterocycles. The molecule has 12 heteroatoms. The average Bonchev–Trinajstić information content (AvgIpc) is 3.68. The molecule has 0 bridgehead atoms. The Labute approximate surface area is 281 Å². The summed E-state index contributed by atoms with van der Waals surface area (Å²) in [6.45, 7) is 11.1. The molecule has 1 aliphatic rings. The number of carbonyl (C=O) groups excluding carboxylic acids is 4. The Kier molecular flexibility index (Phi) is 11.9. The van der Waals surface area contributed by atoms with Crippen molar-refractivity contribution in [2.24, 2.45) is 5.92 Å². The molecule has 2 aromatic heterocycles. The van der Waals surface area contributed by atoms with Gasteiger partial charge in [-0.1, -0.05) is 38.1 Å². The Morgan fingerprint density at radius 1 is 1.04 bits per heavy atom. The molecule has 4 rings (SSSR count). The van der Waals surface area contributed by atoms with Crippen LogP contribution in [-0.2, 0) is 32.0 Å². The van der Waals surface area contributed by atoms with Crippen LogP contribution in [0.3, 0.4) is 0 Å². The first kappa shape index (κ1) is 36.0. The zero-order valence-electron chi connectivity index (χ0n) is 28.7. The van der Waals surface area contributed by atoms with Gasteiger partial charge >= 0.3 is 12.2 Å². The van der Waals surface area contributed by atoms with Gasteiger partial charge in [-0.3, -0.25) is 14.4 Å². The molecule has 12 nitrogen and oxygen atoms in total. The number of hydrogen-bond donors (Lipinski definition) is 2. The van der Waals surface area contributed by atoms with Gasteiger partial charge in [-0.05, 0) is 88.6 Å². The number of rotatable bonds is 11. The third kappa shape index (κ3) is 9.36. The summed E-state index contributed by atoms with van der Waals surface area (Å²) in [5.41, 5.74) is 1.03. The highest BCUT2D eigenvalue weighted by molar-refractivity contribution is 5.96. The number of hydrogen-bond acceptors (Lipinski definition) is 7. The van der Waals surface area contributed by atoms with E-state index in [0.29, 0.717) is 18.0 Å². The topological polar surface area (TPSA) is 141 Å². The van der Waals surface area contributed by atoms with E-state index in [2.05, 4.69) is 24.5 Å². The van der Waals surface area contributed by atoms with Gasteiger partial charge in [0.25, 0.3) is 5.56 Å². The number of nitrogens with zero attached hydrogens (tertiary/aromatic N) is 3. The number of nitrogens with one attached hydrogen (secondary N) is 2. The van der Waals surface area contributed by atoms with Gasteiger partial charge in [0.1, 0.15) is 17.3 Å². The molecule has 3 amide bonds. The van der Waals surface area contributed by atoms with Gasteiger partial charge in [0.05, 0.1) is 24.9 Å². The third-order valence-corrected chi connectivity index (χ3v) is 7.89. The van der Waals surface area contributed by atoms with Crippen LogP contribution in [0.2, 0.25) is 0 Å². The summed E-state index contributed by atoms with van der Waals surface area (Å²) < 4.78 is 13.4. The fourth-order valence-corrected chi connectivity index (χ4v) is 5.74. The standard InChI is InChI=1S/C36H47N5O7/c1-24(2)21-25-13-11-14-26-22-27(41(31(25)26)35(46)48-36(3,4)5)23-40-20-12-16-29(33(40)44)37-32(43)28(38-34(45)47-6)15-7-8-17-30(42)39-18-9-10-19-39/h8,11-14,16-17,20,22,24,28H,7,9-10,15,18-19,21,23H2,1-6H3,(H,37,43)(H,38,45)/b17-8+/t28-/m0/s1. The summed E-state index contributed by atoms with van der Waals surface area (Å²) in [7, 11) is 1.19. The van der Waals surface area contributed by atoms with E-state index in [1.807, 2.05) is 24.3 Å². The van der Waals surface area contributed by atoms with Crippen molar-refractivity contribution in [3.63, 3.8) is 0 Å². The lowest BCUT2D eigenvalue weighted by Crippen LogP contribution is -2.44. The van der Waals surface area contributed by atoms with Gasteiger partial charge in [0.15, 0.2) is 0 Å². The van der Waals surface area contributed by atoms with Crippen molar-refractivity contribution in [3.8, 4) is 0 Å². The van der Waals surface area contributed by atoms with Crippen LogP contribution in [0.1, 0.15) is 71.6 Å². The Bertz CT molecular complexity index is 1720. The Balaban J connectivity index is 1.58. The molecule has 1 aromatic carbocycles. The smallest absolute Gasteiger partial charge is 0.419 e. The number of carbonyl (C=O) groups is 4. The number of aromatic nitrogens is 2. The lowest BCUT2D eigenvalue weighted by Gasteiger charge is -2.22. The van der Waals surface area contributed by atoms with Gasteiger partial charge < -0.3 is 29.6 Å². The SMILES string of the molecule is COC(=O)N[C@@H](CC/C=C/C(=O)N1CCCC1)C(=O)Nc1cccn(Cc2cc3cccc(CC(C)C)c3n2C(=O)OC(C)(C)C)c1=O. The van der Waals surface area contributed by atoms with Crippen molar-refractivity contribution in [2.45, 2.75) is 84.9 Å². The van der Waals surface area contributed by atoms with E-state index in [1.165, 1.54) is 28.4 Å². The first-order valence-electron chi connectivity index (χ1n) is 16.4. The normalized spacial score (nSPS) is 14.0. The van der Waals surface area contributed by atoms with Crippen LogP contribution < -0.4 is 16.2 Å². The predicted molar refractivity (Wildman–Crippen MR) is 184 cm³/mol. The number of anilines is 1. The van der Waals surface area contributed by atoms with Crippen molar-refractivity contribution in [1.82, 2.24) is 19.4 Å². The lowest BCUT2D eigenvalue weighted by molar-refractivity contribution is -0.125. The molecule has 258 valence electrons. The predicted octanol–water partition coefficient (Wildman–Crippen LogP) is 5.45. The summed E-state index contributed by atoms with van der Waals surface area (Å²) in [4.78, 5) is 66.8. The molecule has 0 radical (unpaired) electrons. The van der Waals surface area contributed by atoms with Crippen molar-refractivity contribution in [2.75, 3.05) is 25.5 Å². The highest BCUT2D eigenvalue weighted by Crippen LogP contribution is 2.27. The maximum absolute atomic E-state index is 13.7. The summed E-state index contributed by atoms with van der Waals surface area (Å²) in [5, 5.41) is 6.00. The van der Waals surface area contributed by atoms with Crippen LogP contribution in [0.25, 0.3) is 10.9 Å². The van der Waals surface area contributed by atoms with E-state index >= 15 is 0 Å². The Morgan fingerprint density at radius 3 is 2.44 bits per heavy atom. The Morgan fingerprint density at radius 2 is 1.77 bits per heavy atom. The maximum atomic E-state index is 13.7. The van der Waals surface area contributed by atoms with Crippen molar-refractivity contribution < 1.29 is 28.7 Å². The van der Waals surface area contributed by atoms with E-state index in [1.54, 1.807) is 44.0 Å². The lowest BCUT2D eigenvalue weighted by atomic mass is 10.0. The largest absolute Gasteiger partial charge is 0.453 e. The average molecular weight is 662 g/mol. The first-order valence-corrected chi connectivity index (χ1v) is 16.4. The summed E-state index contributed by atoms with van der Waals surface area (Å²) in [5.74, 6) is -0.355. The number of ether oxygens (including phenoxy) is 2. The van der Waals surface area contributed by atoms with Crippen LogP contribution in [-0.4, -0.2) is 69.9 Å². The van der Waals surface area contributed by atoms with E-state index < -0.39 is 35.3 Å². The minimum absolute atomic E-state index is 0.000606. The molecule has 0 unspecified atom stereocenters. The number of benzene rings is 1. The highest BCUT2D eigenvalue weighted by Gasteiger charge is 2.25. The molecule has 0 aliphatic carbocycles. The van der Waals surface area contributed by atoms with Crippen LogP contribution in [0.4, 0.5) is 15.3 Å². The van der Waals surface area contributed by atoms with Gasteiger partial charge in [-0.15, -0.1) is 0 Å². The summed E-state index contributed by atoms with van der Waals surface area (Å²) >= 11 is 0. The van der Waals surface area contributed by atoms with Crippen LogP contribution in [0.5, 0.6) is 0 Å². The van der Waals surface area contributed by atoms with Crippen LogP contribution in [0.15, 0.2) is 59.5 Å². The Hall–Kier alpha value is -4.87. The molecule has 1 fully saturated rings. The van der Waals surface area contributed by atoms with E-state index in [-0.39, 0.29) is 24.6 Å². The van der Waals surface area contributed by atoms with E-state index in [9.17, 15) is 24.0 Å². The maximum Gasteiger partial charge on any atom is 0.419 e. The van der Waals surface area contributed by atoms with E-state index in [0.717, 1.165) is 48.8 Å². The molecule has 2 N–H and O–H groups in total. The molecule has 0 saturated carbocycles. The number of amides is 3. The number of fused-ring (bicyclic) bond motifs is 1. The van der Waals surface area contributed by atoms with Crippen LogP contribution in [0, 0.1) is 5.92 Å². The molecule has 3 heterocycles. The molecule has 0 spiro atoms. The number of methoxy groups -OCH3 is 1. The van der Waals surface area contributed by atoms with Crippen molar-refractivity contribution >= 4 is 40.6 Å². The second kappa shape index (κ2) is 15.8. The number of alkyl carbamates (subject to hydrolysis) is 1. The number of likely N-dealkylation sites (tertiary alicyclic amines) is 1.